The fourth-order valence-corrected chi connectivity index (χ4v) is 2.52. The summed E-state index contributed by atoms with van der Waals surface area (Å²) < 4.78 is 1.14. The van der Waals surface area contributed by atoms with Crippen LogP contribution in [0.25, 0.3) is 0 Å². The Morgan fingerprint density at radius 2 is 1.69 bits per heavy atom. The fraction of sp³-hybridized carbons (Fsp3) is 1.00. The molecule has 0 amide bonds. The van der Waals surface area contributed by atoms with Gasteiger partial charge >= 0.3 is 0 Å². The van der Waals surface area contributed by atoms with E-state index in [1.165, 1.54) is 38.6 Å². The second kappa shape index (κ2) is 4.45. The summed E-state index contributed by atoms with van der Waals surface area (Å²) in [6, 6.07) is 0. The first-order valence-electron chi connectivity index (χ1n) is 5.78. The van der Waals surface area contributed by atoms with Gasteiger partial charge in [0.15, 0.2) is 0 Å². The van der Waals surface area contributed by atoms with Crippen LogP contribution >= 0.6 is 0 Å². The highest BCUT2D eigenvalue weighted by atomic mass is 15.3. The van der Waals surface area contributed by atoms with Gasteiger partial charge in [-0.3, -0.25) is 0 Å². The molecule has 0 heterocycles. The van der Waals surface area contributed by atoms with Gasteiger partial charge in [-0.1, -0.05) is 26.2 Å². The van der Waals surface area contributed by atoms with Gasteiger partial charge in [-0.15, -0.1) is 0 Å². The Labute approximate surface area is 83.7 Å². The standard InChI is InChI=1S/C12H26N/c1-11-6-5-7-12(9-8-11)10-13(2,3)4/h11-12H,5-10H2,1-4H3/q+1/t11-,12+/m1/s1. The molecule has 0 aliphatic heterocycles. The quantitative estimate of drug-likeness (QED) is 0.457. The molecular formula is C12H26N+. The van der Waals surface area contributed by atoms with E-state index in [0.717, 1.165) is 16.3 Å². The lowest BCUT2D eigenvalue weighted by Crippen LogP contribution is -2.39. The molecule has 1 heteroatoms. The lowest BCUT2D eigenvalue weighted by molar-refractivity contribution is -0.874. The van der Waals surface area contributed by atoms with Crippen LogP contribution in [0.5, 0.6) is 0 Å². The van der Waals surface area contributed by atoms with Gasteiger partial charge in [-0.05, 0) is 18.8 Å². The van der Waals surface area contributed by atoms with E-state index in [2.05, 4.69) is 28.1 Å². The van der Waals surface area contributed by atoms with Crippen LogP contribution in [0.3, 0.4) is 0 Å². The van der Waals surface area contributed by atoms with E-state index in [0.29, 0.717) is 0 Å². The molecule has 0 bridgehead atoms. The Balaban J connectivity index is 2.34. The van der Waals surface area contributed by atoms with Crippen molar-refractivity contribution in [2.75, 3.05) is 27.7 Å². The van der Waals surface area contributed by atoms with Crippen molar-refractivity contribution in [3.05, 3.63) is 0 Å². The van der Waals surface area contributed by atoms with Crippen LogP contribution in [0.4, 0.5) is 0 Å². The maximum atomic E-state index is 2.41. The lowest BCUT2D eigenvalue weighted by Gasteiger charge is -2.28. The molecule has 2 atom stereocenters. The Kier molecular flexibility index (Phi) is 3.78. The van der Waals surface area contributed by atoms with E-state index in [9.17, 15) is 0 Å². The Bertz CT molecular complexity index is 146. The van der Waals surface area contributed by atoms with Crippen LogP contribution in [0.2, 0.25) is 0 Å². The number of nitrogens with zero attached hydrogens (tertiary/aromatic N) is 1. The Hall–Kier alpha value is -0.0400. The van der Waals surface area contributed by atoms with Crippen molar-refractivity contribution in [1.29, 1.82) is 0 Å². The van der Waals surface area contributed by atoms with Gasteiger partial charge in [0, 0.05) is 5.92 Å². The largest absolute Gasteiger partial charge is 0.331 e. The van der Waals surface area contributed by atoms with Crippen LogP contribution in [-0.4, -0.2) is 32.2 Å². The molecule has 1 saturated carbocycles. The minimum Gasteiger partial charge on any atom is -0.331 e. The SMILES string of the molecule is C[C@@H]1CCC[C@H](C[N+](C)(C)C)CC1. The Morgan fingerprint density at radius 1 is 1.00 bits per heavy atom. The first-order chi connectivity index (χ1) is 5.97. The van der Waals surface area contributed by atoms with Gasteiger partial charge in [0.1, 0.15) is 0 Å². The van der Waals surface area contributed by atoms with Gasteiger partial charge in [0.25, 0.3) is 0 Å². The summed E-state index contributed by atoms with van der Waals surface area (Å²) in [5.41, 5.74) is 0. The summed E-state index contributed by atoms with van der Waals surface area (Å²) in [5.74, 6) is 1.97. The minimum atomic E-state index is 0.984. The van der Waals surface area contributed by atoms with Gasteiger partial charge in [-0.25, -0.2) is 0 Å². The molecule has 1 fully saturated rings. The van der Waals surface area contributed by atoms with Gasteiger partial charge < -0.3 is 4.48 Å². The Morgan fingerprint density at radius 3 is 2.31 bits per heavy atom. The van der Waals surface area contributed by atoms with Gasteiger partial charge in [0.2, 0.25) is 0 Å². The van der Waals surface area contributed by atoms with Crippen LogP contribution in [0, 0.1) is 11.8 Å². The first-order valence-corrected chi connectivity index (χ1v) is 5.78. The third kappa shape index (κ3) is 4.66. The maximum Gasteiger partial charge on any atom is 0.0809 e. The average Bonchev–Trinajstić information content (AvgIpc) is 2.12. The summed E-state index contributed by atoms with van der Waals surface area (Å²) in [5, 5.41) is 0. The van der Waals surface area contributed by atoms with Crippen LogP contribution < -0.4 is 0 Å². The van der Waals surface area contributed by atoms with Crippen molar-refractivity contribution < 1.29 is 4.48 Å². The molecule has 0 spiro atoms. The molecule has 1 rings (SSSR count). The second-order valence-corrected chi connectivity index (χ2v) is 5.95. The molecule has 78 valence electrons. The summed E-state index contributed by atoms with van der Waals surface area (Å²) in [6.45, 7) is 3.78. The molecule has 1 nitrogen and oxygen atoms in total. The van der Waals surface area contributed by atoms with E-state index >= 15 is 0 Å². The fourth-order valence-electron chi connectivity index (χ4n) is 2.52. The maximum absolute atomic E-state index is 2.41. The van der Waals surface area contributed by atoms with Gasteiger partial charge in [0.05, 0.1) is 27.7 Å². The van der Waals surface area contributed by atoms with Crippen LogP contribution in [0.15, 0.2) is 0 Å². The molecule has 0 aromatic rings. The lowest BCUT2D eigenvalue weighted by atomic mass is 9.98. The topological polar surface area (TPSA) is 0 Å². The molecule has 13 heavy (non-hydrogen) atoms. The summed E-state index contributed by atoms with van der Waals surface area (Å²) >= 11 is 0. The highest BCUT2D eigenvalue weighted by molar-refractivity contribution is 4.67. The molecule has 1 aliphatic rings. The molecule has 1 aliphatic carbocycles. The van der Waals surface area contributed by atoms with Crippen LogP contribution in [0.1, 0.15) is 39.0 Å². The molecular weight excluding hydrogens is 158 g/mol. The summed E-state index contributed by atoms with van der Waals surface area (Å²) in [6.07, 6.45) is 7.33. The number of hydrogen-bond donors (Lipinski definition) is 0. The molecule has 0 unspecified atom stereocenters. The summed E-state index contributed by atoms with van der Waals surface area (Å²) in [4.78, 5) is 0. The molecule has 0 radical (unpaired) electrons. The zero-order valence-electron chi connectivity index (χ0n) is 9.84. The highest BCUT2D eigenvalue weighted by Gasteiger charge is 2.21. The van der Waals surface area contributed by atoms with E-state index in [-0.39, 0.29) is 0 Å². The second-order valence-electron chi connectivity index (χ2n) is 5.95. The molecule has 0 N–H and O–H groups in total. The van der Waals surface area contributed by atoms with Crippen molar-refractivity contribution >= 4 is 0 Å². The molecule has 0 aromatic heterocycles. The summed E-state index contributed by atoms with van der Waals surface area (Å²) in [7, 11) is 6.94. The monoisotopic (exact) mass is 184 g/mol. The number of quaternary nitrogens is 1. The van der Waals surface area contributed by atoms with Crippen molar-refractivity contribution in [2.24, 2.45) is 11.8 Å². The zero-order chi connectivity index (χ0) is 9.90. The predicted octanol–water partition coefficient (Wildman–Crippen LogP) is 2.91. The first kappa shape index (κ1) is 11.0. The van der Waals surface area contributed by atoms with E-state index in [4.69, 9.17) is 0 Å². The van der Waals surface area contributed by atoms with Gasteiger partial charge in [-0.2, -0.15) is 0 Å². The highest BCUT2D eigenvalue weighted by Crippen LogP contribution is 2.27. The third-order valence-corrected chi connectivity index (χ3v) is 3.18. The van der Waals surface area contributed by atoms with E-state index in [1.807, 2.05) is 0 Å². The third-order valence-electron chi connectivity index (χ3n) is 3.18. The van der Waals surface area contributed by atoms with Crippen molar-refractivity contribution in [1.82, 2.24) is 0 Å². The van der Waals surface area contributed by atoms with Crippen LogP contribution in [-0.2, 0) is 0 Å². The van der Waals surface area contributed by atoms with E-state index < -0.39 is 0 Å². The van der Waals surface area contributed by atoms with E-state index in [1.54, 1.807) is 0 Å². The minimum absolute atomic E-state index is 0.984. The predicted molar refractivity (Wildman–Crippen MR) is 58.6 cm³/mol. The zero-order valence-corrected chi connectivity index (χ0v) is 9.84. The van der Waals surface area contributed by atoms with Crippen molar-refractivity contribution in [2.45, 2.75) is 39.0 Å². The number of hydrogen-bond acceptors (Lipinski definition) is 0. The van der Waals surface area contributed by atoms with Crippen molar-refractivity contribution in [3.63, 3.8) is 0 Å². The van der Waals surface area contributed by atoms with Crippen molar-refractivity contribution in [3.8, 4) is 0 Å². The smallest absolute Gasteiger partial charge is 0.0809 e. The number of rotatable bonds is 2. The average molecular weight is 184 g/mol. The molecule has 0 aromatic carbocycles. The molecule has 0 saturated heterocycles. The normalized spacial score (nSPS) is 31.4.